The molecule has 0 N–H and O–H groups in total. The van der Waals surface area contributed by atoms with Crippen LogP contribution in [0.2, 0.25) is 0 Å². The molecule has 19 heavy (non-hydrogen) atoms. The third-order valence-corrected chi connectivity index (χ3v) is 3.33. The lowest BCUT2D eigenvalue weighted by molar-refractivity contribution is 0.0907. The van der Waals surface area contributed by atoms with Crippen LogP contribution in [0.25, 0.3) is 0 Å². The summed E-state index contributed by atoms with van der Waals surface area (Å²) >= 11 is 0. The van der Waals surface area contributed by atoms with Crippen molar-refractivity contribution in [3.8, 4) is 0 Å². The van der Waals surface area contributed by atoms with Crippen LogP contribution in [0.15, 0.2) is 30.9 Å². The van der Waals surface area contributed by atoms with Gasteiger partial charge in [0.25, 0.3) is 0 Å². The van der Waals surface area contributed by atoms with E-state index in [1.165, 1.54) is 0 Å². The van der Waals surface area contributed by atoms with Gasteiger partial charge in [0.15, 0.2) is 0 Å². The van der Waals surface area contributed by atoms with E-state index in [1.807, 2.05) is 54.5 Å². The van der Waals surface area contributed by atoms with Crippen molar-refractivity contribution >= 4 is 5.95 Å². The first-order valence-corrected chi connectivity index (χ1v) is 6.42. The Bertz CT molecular complexity index is 513. The van der Waals surface area contributed by atoms with Crippen LogP contribution in [0.1, 0.15) is 11.6 Å². The van der Waals surface area contributed by atoms with E-state index < -0.39 is 0 Å². The largest absolute Gasteiger partial charge is 0.347 e. The summed E-state index contributed by atoms with van der Waals surface area (Å²) in [5.74, 6) is 0.752. The van der Waals surface area contributed by atoms with E-state index in [9.17, 15) is 0 Å². The van der Waals surface area contributed by atoms with Crippen molar-refractivity contribution in [1.29, 1.82) is 0 Å². The minimum Gasteiger partial charge on any atom is -0.347 e. The SMILES string of the molecule is CN(C)c1ncc(CN2CC(n3cccn3)C2)cn1. The van der Waals surface area contributed by atoms with Crippen LogP contribution in [0.3, 0.4) is 0 Å². The number of hydrogen-bond acceptors (Lipinski definition) is 5. The van der Waals surface area contributed by atoms with Crippen molar-refractivity contribution in [2.24, 2.45) is 0 Å². The first-order chi connectivity index (χ1) is 9.22. The van der Waals surface area contributed by atoms with Crippen molar-refractivity contribution in [3.05, 3.63) is 36.4 Å². The Morgan fingerprint density at radius 2 is 2.00 bits per heavy atom. The van der Waals surface area contributed by atoms with E-state index in [-0.39, 0.29) is 0 Å². The molecule has 1 aliphatic rings. The second-order valence-corrected chi connectivity index (χ2v) is 5.12. The Morgan fingerprint density at radius 3 is 2.58 bits per heavy atom. The van der Waals surface area contributed by atoms with Crippen LogP contribution in [-0.2, 0) is 6.54 Å². The number of rotatable bonds is 4. The van der Waals surface area contributed by atoms with E-state index in [0.717, 1.165) is 31.1 Å². The van der Waals surface area contributed by atoms with Gasteiger partial charge in [-0.2, -0.15) is 5.10 Å². The molecule has 1 saturated heterocycles. The van der Waals surface area contributed by atoms with Crippen molar-refractivity contribution in [1.82, 2.24) is 24.6 Å². The summed E-state index contributed by atoms with van der Waals surface area (Å²) in [5, 5.41) is 4.27. The maximum Gasteiger partial charge on any atom is 0.224 e. The average molecular weight is 258 g/mol. The first-order valence-electron chi connectivity index (χ1n) is 6.42. The average Bonchev–Trinajstić information content (AvgIpc) is 2.87. The van der Waals surface area contributed by atoms with E-state index in [1.54, 1.807) is 0 Å². The van der Waals surface area contributed by atoms with Crippen LogP contribution in [0.4, 0.5) is 5.95 Å². The number of anilines is 1. The fourth-order valence-corrected chi connectivity index (χ4v) is 2.25. The minimum atomic E-state index is 0.511. The Hall–Kier alpha value is -1.95. The lowest BCUT2D eigenvalue weighted by Gasteiger charge is -2.39. The van der Waals surface area contributed by atoms with Gasteiger partial charge >= 0.3 is 0 Å². The summed E-state index contributed by atoms with van der Waals surface area (Å²) in [6.45, 7) is 2.99. The number of aromatic nitrogens is 4. The Labute approximate surface area is 112 Å². The molecule has 0 saturated carbocycles. The van der Waals surface area contributed by atoms with Gasteiger partial charge in [0, 0.05) is 64.1 Å². The molecule has 6 nitrogen and oxygen atoms in total. The number of nitrogens with zero attached hydrogens (tertiary/aromatic N) is 6. The lowest BCUT2D eigenvalue weighted by Crippen LogP contribution is -2.47. The predicted molar refractivity (Wildman–Crippen MR) is 72.9 cm³/mol. The van der Waals surface area contributed by atoms with Gasteiger partial charge in [-0.05, 0) is 6.07 Å². The molecule has 0 spiro atoms. The standard InChI is InChI=1S/C13H18N6/c1-17(2)13-14-6-11(7-15-13)8-18-9-12(10-18)19-5-3-4-16-19/h3-7,12H,8-10H2,1-2H3. The normalized spacial score (nSPS) is 16.3. The Kier molecular flexibility index (Phi) is 3.16. The van der Waals surface area contributed by atoms with Gasteiger partial charge < -0.3 is 4.90 Å². The van der Waals surface area contributed by atoms with Crippen LogP contribution >= 0.6 is 0 Å². The molecule has 2 aromatic rings. The predicted octanol–water partition coefficient (Wildman–Crippen LogP) is 0.796. The lowest BCUT2D eigenvalue weighted by atomic mass is 10.1. The van der Waals surface area contributed by atoms with Crippen molar-refractivity contribution in [2.45, 2.75) is 12.6 Å². The van der Waals surface area contributed by atoms with E-state index in [4.69, 9.17) is 0 Å². The van der Waals surface area contributed by atoms with Gasteiger partial charge in [-0.25, -0.2) is 9.97 Å². The fourth-order valence-electron chi connectivity index (χ4n) is 2.25. The smallest absolute Gasteiger partial charge is 0.224 e. The molecule has 3 rings (SSSR count). The first kappa shape index (κ1) is 12.1. The molecule has 3 heterocycles. The van der Waals surface area contributed by atoms with E-state index >= 15 is 0 Å². The summed E-state index contributed by atoms with van der Waals surface area (Å²) in [6, 6.07) is 2.48. The molecule has 0 amide bonds. The second-order valence-electron chi connectivity index (χ2n) is 5.12. The van der Waals surface area contributed by atoms with Crippen LogP contribution in [0.5, 0.6) is 0 Å². The van der Waals surface area contributed by atoms with Crippen LogP contribution in [0, 0.1) is 0 Å². The van der Waals surface area contributed by atoms with Gasteiger partial charge in [0.1, 0.15) is 0 Å². The summed E-state index contributed by atoms with van der Waals surface area (Å²) < 4.78 is 2.03. The van der Waals surface area contributed by atoms with Crippen molar-refractivity contribution in [2.75, 3.05) is 32.1 Å². The van der Waals surface area contributed by atoms with Gasteiger partial charge in [0.05, 0.1) is 6.04 Å². The van der Waals surface area contributed by atoms with Crippen LogP contribution < -0.4 is 4.90 Å². The zero-order valence-corrected chi connectivity index (χ0v) is 11.3. The maximum absolute atomic E-state index is 4.33. The molecule has 0 radical (unpaired) electrons. The third-order valence-electron chi connectivity index (χ3n) is 3.33. The molecule has 0 aromatic carbocycles. The molecular formula is C13H18N6. The van der Waals surface area contributed by atoms with E-state index in [0.29, 0.717) is 6.04 Å². The minimum absolute atomic E-state index is 0.511. The number of likely N-dealkylation sites (tertiary alicyclic amines) is 1. The second kappa shape index (κ2) is 4.97. The molecule has 0 bridgehead atoms. The number of hydrogen-bond donors (Lipinski definition) is 0. The van der Waals surface area contributed by atoms with Crippen molar-refractivity contribution in [3.63, 3.8) is 0 Å². The zero-order chi connectivity index (χ0) is 13.2. The van der Waals surface area contributed by atoms with E-state index in [2.05, 4.69) is 20.0 Å². The summed E-state index contributed by atoms with van der Waals surface area (Å²) in [6.07, 6.45) is 7.67. The van der Waals surface area contributed by atoms with Gasteiger partial charge in [-0.1, -0.05) is 0 Å². The molecule has 2 aromatic heterocycles. The highest BCUT2D eigenvalue weighted by atomic mass is 15.4. The highest BCUT2D eigenvalue weighted by Crippen LogP contribution is 2.22. The zero-order valence-electron chi connectivity index (χ0n) is 11.3. The van der Waals surface area contributed by atoms with Gasteiger partial charge in [-0.3, -0.25) is 9.58 Å². The monoisotopic (exact) mass is 258 g/mol. The molecule has 1 fully saturated rings. The van der Waals surface area contributed by atoms with Crippen LogP contribution in [-0.4, -0.2) is 51.8 Å². The van der Waals surface area contributed by atoms with Gasteiger partial charge in [-0.15, -0.1) is 0 Å². The Morgan fingerprint density at radius 1 is 1.26 bits per heavy atom. The third kappa shape index (κ3) is 2.58. The molecule has 0 atom stereocenters. The molecule has 0 aliphatic carbocycles. The fraction of sp³-hybridized carbons (Fsp3) is 0.462. The molecule has 6 heteroatoms. The molecule has 1 aliphatic heterocycles. The topological polar surface area (TPSA) is 50.1 Å². The summed E-state index contributed by atoms with van der Waals surface area (Å²) in [4.78, 5) is 12.9. The van der Waals surface area contributed by atoms with Crippen molar-refractivity contribution < 1.29 is 0 Å². The molecular weight excluding hydrogens is 240 g/mol. The highest BCUT2D eigenvalue weighted by molar-refractivity contribution is 5.26. The molecule has 100 valence electrons. The highest BCUT2D eigenvalue weighted by Gasteiger charge is 2.28. The maximum atomic E-state index is 4.33. The quantitative estimate of drug-likeness (QED) is 0.811. The Balaban J connectivity index is 1.53. The summed E-state index contributed by atoms with van der Waals surface area (Å²) in [5.41, 5.74) is 1.16. The molecule has 0 unspecified atom stereocenters. The van der Waals surface area contributed by atoms with Gasteiger partial charge in [0.2, 0.25) is 5.95 Å². The summed E-state index contributed by atoms with van der Waals surface area (Å²) in [7, 11) is 3.89.